The molecule has 2 heterocycles. The molecular formula is C12H17BrN2S. The summed E-state index contributed by atoms with van der Waals surface area (Å²) in [5.74, 6) is 1.25. The molecule has 0 bridgehead atoms. The summed E-state index contributed by atoms with van der Waals surface area (Å²) in [6.07, 6.45) is 7.16. The first-order valence-electron chi connectivity index (χ1n) is 5.59. The maximum Gasteiger partial charge on any atom is 0.0410 e. The van der Waals surface area contributed by atoms with Crippen molar-refractivity contribution in [2.75, 3.05) is 5.75 Å². The first kappa shape index (κ1) is 12.4. The molecule has 2 rings (SSSR count). The maximum absolute atomic E-state index is 6.33. The second-order valence-corrected chi connectivity index (χ2v) is 7.13. The van der Waals surface area contributed by atoms with Crippen molar-refractivity contribution in [1.82, 2.24) is 4.98 Å². The van der Waals surface area contributed by atoms with Gasteiger partial charge in [-0.05, 0) is 59.5 Å². The lowest BCUT2D eigenvalue weighted by atomic mass is 9.92. The minimum absolute atomic E-state index is 0.219. The van der Waals surface area contributed by atoms with E-state index in [1.165, 1.54) is 24.2 Å². The van der Waals surface area contributed by atoms with Crippen LogP contribution >= 0.6 is 27.7 Å². The van der Waals surface area contributed by atoms with Gasteiger partial charge >= 0.3 is 0 Å². The van der Waals surface area contributed by atoms with E-state index in [0.717, 1.165) is 10.9 Å². The van der Waals surface area contributed by atoms with Crippen molar-refractivity contribution in [2.45, 2.75) is 37.0 Å². The number of rotatable bonds is 3. The molecule has 0 spiro atoms. The van der Waals surface area contributed by atoms with E-state index < -0.39 is 0 Å². The van der Waals surface area contributed by atoms with Gasteiger partial charge in [-0.2, -0.15) is 11.8 Å². The summed E-state index contributed by atoms with van der Waals surface area (Å²) in [4.78, 5) is 4.18. The monoisotopic (exact) mass is 300 g/mol. The van der Waals surface area contributed by atoms with E-state index in [9.17, 15) is 0 Å². The van der Waals surface area contributed by atoms with Crippen molar-refractivity contribution in [1.29, 1.82) is 0 Å². The van der Waals surface area contributed by atoms with Gasteiger partial charge in [0.25, 0.3) is 0 Å². The van der Waals surface area contributed by atoms with Gasteiger partial charge in [-0.3, -0.25) is 4.98 Å². The van der Waals surface area contributed by atoms with Crippen molar-refractivity contribution in [3.8, 4) is 0 Å². The third kappa shape index (κ3) is 2.79. The molecule has 1 saturated heterocycles. The fourth-order valence-corrected chi connectivity index (χ4v) is 3.88. The Hall–Kier alpha value is -0.0600. The Balaban J connectivity index is 2.04. The highest BCUT2D eigenvalue weighted by Crippen LogP contribution is 2.40. The highest BCUT2D eigenvalue weighted by Gasteiger charge is 2.35. The van der Waals surface area contributed by atoms with Crippen molar-refractivity contribution in [2.24, 2.45) is 5.73 Å². The largest absolute Gasteiger partial charge is 0.326 e. The molecule has 2 N–H and O–H groups in total. The summed E-state index contributed by atoms with van der Waals surface area (Å²) < 4.78 is 1.28. The number of pyridine rings is 1. The van der Waals surface area contributed by atoms with Crippen molar-refractivity contribution >= 4 is 27.7 Å². The van der Waals surface area contributed by atoms with Crippen LogP contribution in [0.25, 0.3) is 0 Å². The van der Waals surface area contributed by atoms with Crippen LogP contribution in [-0.4, -0.2) is 21.5 Å². The Morgan fingerprint density at radius 1 is 1.62 bits per heavy atom. The van der Waals surface area contributed by atoms with Crippen LogP contribution in [0.4, 0.5) is 0 Å². The van der Waals surface area contributed by atoms with E-state index in [1.54, 1.807) is 6.20 Å². The normalized spacial score (nSPS) is 26.9. The van der Waals surface area contributed by atoms with Crippen LogP contribution in [0.5, 0.6) is 0 Å². The highest BCUT2D eigenvalue weighted by atomic mass is 79.9. The van der Waals surface area contributed by atoms with Gasteiger partial charge in [0.2, 0.25) is 0 Å². The number of thioether (sulfide) groups is 1. The molecule has 1 aliphatic rings. The van der Waals surface area contributed by atoms with Crippen LogP contribution in [0.15, 0.2) is 22.9 Å². The van der Waals surface area contributed by atoms with Crippen LogP contribution in [0.3, 0.4) is 0 Å². The van der Waals surface area contributed by atoms with Gasteiger partial charge in [0.05, 0.1) is 0 Å². The van der Waals surface area contributed by atoms with E-state index in [2.05, 4.69) is 33.9 Å². The predicted octanol–water partition coefficient (Wildman–Crippen LogP) is 3.00. The zero-order valence-corrected chi connectivity index (χ0v) is 11.9. The molecule has 1 aromatic heterocycles. The number of halogens is 1. The zero-order valence-electron chi connectivity index (χ0n) is 9.45. The predicted molar refractivity (Wildman–Crippen MR) is 73.7 cm³/mol. The number of aromatic nitrogens is 1. The molecule has 0 radical (unpaired) electrons. The van der Waals surface area contributed by atoms with E-state index in [4.69, 9.17) is 5.73 Å². The standard InChI is InChI=1S/C12H17BrN2S/c1-12(3-2-4-16-12)11(14)6-9-5-10(13)8-15-7-9/h5,7-8,11H,2-4,6,14H2,1H3. The Morgan fingerprint density at radius 3 is 3.06 bits per heavy atom. The Kier molecular flexibility index (Phi) is 3.93. The number of nitrogens with two attached hydrogens (primary N) is 1. The average molecular weight is 301 g/mol. The summed E-state index contributed by atoms with van der Waals surface area (Å²) in [5, 5.41) is 0. The molecule has 0 saturated carbocycles. The topological polar surface area (TPSA) is 38.9 Å². The lowest BCUT2D eigenvalue weighted by molar-refractivity contribution is 0.482. The average Bonchev–Trinajstić information content (AvgIpc) is 2.66. The van der Waals surface area contributed by atoms with Crippen molar-refractivity contribution in [3.05, 3.63) is 28.5 Å². The van der Waals surface area contributed by atoms with Gasteiger partial charge in [0.15, 0.2) is 0 Å². The summed E-state index contributed by atoms with van der Waals surface area (Å²) in [7, 11) is 0. The lowest BCUT2D eigenvalue weighted by Crippen LogP contribution is -2.42. The molecule has 1 aromatic rings. The van der Waals surface area contributed by atoms with Gasteiger partial charge in [-0.15, -0.1) is 0 Å². The molecule has 1 aliphatic heterocycles. The van der Waals surface area contributed by atoms with Crippen molar-refractivity contribution in [3.63, 3.8) is 0 Å². The first-order chi connectivity index (χ1) is 7.60. The maximum atomic E-state index is 6.33. The Labute approximate surface area is 110 Å². The van der Waals surface area contributed by atoms with Crippen molar-refractivity contribution < 1.29 is 0 Å². The smallest absolute Gasteiger partial charge is 0.0410 e. The minimum atomic E-state index is 0.219. The molecule has 0 aromatic carbocycles. The molecule has 4 heteroatoms. The molecule has 2 unspecified atom stereocenters. The third-order valence-corrected chi connectivity index (χ3v) is 5.34. The van der Waals surface area contributed by atoms with E-state index in [0.29, 0.717) is 0 Å². The molecule has 2 atom stereocenters. The lowest BCUT2D eigenvalue weighted by Gasteiger charge is -2.30. The van der Waals surface area contributed by atoms with Crippen LogP contribution in [0, 0.1) is 0 Å². The second-order valence-electron chi connectivity index (χ2n) is 4.59. The van der Waals surface area contributed by atoms with Gasteiger partial charge in [0, 0.05) is 27.7 Å². The van der Waals surface area contributed by atoms with Crippen LogP contribution in [-0.2, 0) is 6.42 Å². The molecule has 0 amide bonds. The number of nitrogens with zero attached hydrogens (tertiary/aromatic N) is 1. The van der Waals surface area contributed by atoms with Gasteiger partial charge in [0.1, 0.15) is 0 Å². The highest BCUT2D eigenvalue weighted by molar-refractivity contribution is 9.10. The fourth-order valence-electron chi connectivity index (χ4n) is 2.13. The van der Waals surface area contributed by atoms with E-state index in [1.807, 2.05) is 18.0 Å². The van der Waals surface area contributed by atoms with Gasteiger partial charge < -0.3 is 5.73 Å². The number of hydrogen-bond donors (Lipinski definition) is 1. The summed E-state index contributed by atoms with van der Waals surface area (Å²) in [6, 6.07) is 2.33. The fraction of sp³-hybridized carbons (Fsp3) is 0.583. The SMILES string of the molecule is CC1(C(N)Cc2cncc(Br)c2)CCCS1. The van der Waals surface area contributed by atoms with E-state index in [-0.39, 0.29) is 10.8 Å². The second kappa shape index (κ2) is 5.07. The minimum Gasteiger partial charge on any atom is -0.326 e. The van der Waals surface area contributed by atoms with Crippen LogP contribution in [0.1, 0.15) is 25.3 Å². The summed E-state index contributed by atoms with van der Waals surface area (Å²) in [6.45, 7) is 2.29. The molecule has 2 nitrogen and oxygen atoms in total. The first-order valence-corrected chi connectivity index (χ1v) is 7.37. The Bertz CT molecular complexity index is 364. The third-order valence-electron chi connectivity index (χ3n) is 3.25. The molecular weight excluding hydrogens is 284 g/mol. The Morgan fingerprint density at radius 2 is 2.44 bits per heavy atom. The number of hydrogen-bond acceptors (Lipinski definition) is 3. The molecule has 16 heavy (non-hydrogen) atoms. The van der Waals surface area contributed by atoms with Gasteiger partial charge in [-0.1, -0.05) is 0 Å². The van der Waals surface area contributed by atoms with Gasteiger partial charge in [-0.25, -0.2) is 0 Å². The molecule has 0 aliphatic carbocycles. The van der Waals surface area contributed by atoms with E-state index >= 15 is 0 Å². The molecule has 88 valence electrons. The van der Waals surface area contributed by atoms with Crippen LogP contribution in [0.2, 0.25) is 0 Å². The zero-order chi connectivity index (χ0) is 11.6. The quantitative estimate of drug-likeness (QED) is 0.933. The summed E-state index contributed by atoms with van der Waals surface area (Å²) >= 11 is 5.46. The summed E-state index contributed by atoms with van der Waals surface area (Å²) in [5.41, 5.74) is 7.55. The molecule has 1 fully saturated rings. The van der Waals surface area contributed by atoms with Crippen LogP contribution < -0.4 is 5.73 Å².